The third-order valence-electron chi connectivity index (χ3n) is 2.98. The molecule has 0 bridgehead atoms. The van der Waals surface area contributed by atoms with Crippen LogP contribution < -0.4 is 5.32 Å². The highest BCUT2D eigenvalue weighted by atomic mass is 16.3. The highest BCUT2D eigenvalue weighted by Crippen LogP contribution is 2.21. The molecule has 1 saturated carbocycles. The van der Waals surface area contributed by atoms with Gasteiger partial charge in [0.15, 0.2) is 0 Å². The summed E-state index contributed by atoms with van der Waals surface area (Å²) in [5.41, 5.74) is 0.701. The summed E-state index contributed by atoms with van der Waals surface area (Å²) in [6, 6.07) is 11.0. The second-order valence-corrected chi connectivity index (χ2v) is 4.30. The van der Waals surface area contributed by atoms with Crippen molar-refractivity contribution in [1.82, 2.24) is 5.32 Å². The summed E-state index contributed by atoms with van der Waals surface area (Å²) >= 11 is 0. The SMILES string of the molecule is N#CC(C(=O)NC1CC(O)C1)c1ccccc1. The fraction of sp³-hybridized carbons (Fsp3) is 0.385. The molecule has 4 heteroatoms. The summed E-state index contributed by atoms with van der Waals surface area (Å²) in [4.78, 5) is 11.9. The van der Waals surface area contributed by atoms with E-state index in [0.717, 1.165) is 0 Å². The summed E-state index contributed by atoms with van der Waals surface area (Å²) in [7, 11) is 0. The number of benzene rings is 1. The highest BCUT2D eigenvalue weighted by Gasteiger charge is 2.31. The lowest BCUT2D eigenvalue weighted by atomic mass is 9.88. The van der Waals surface area contributed by atoms with E-state index in [4.69, 9.17) is 10.4 Å². The number of aliphatic hydroxyl groups is 1. The molecule has 1 fully saturated rings. The first-order valence-corrected chi connectivity index (χ1v) is 5.63. The van der Waals surface area contributed by atoms with Gasteiger partial charge in [0.25, 0.3) is 0 Å². The topological polar surface area (TPSA) is 73.1 Å². The minimum atomic E-state index is -0.769. The second kappa shape index (κ2) is 4.98. The molecule has 0 saturated heterocycles. The molecule has 0 spiro atoms. The Balaban J connectivity index is 1.99. The lowest BCUT2D eigenvalue weighted by molar-refractivity contribution is -0.123. The van der Waals surface area contributed by atoms with Gasteiger partial charge in [0.2, 0.25) is 5.91 Å². The van der Waals surface area contributed by atoms with Crippen molar-refractivity contribution >= 4 is 5.91 Å². The van der Waals surface area contributed by atoms with Gasteiger partial charge in [-0.3, -0.25) is 4.79 Å². The van der Waals surface area contributed by atoms with Gasteiger partial charge in [-0.05, 0) is 18.4 Å². The molecule has 0 aromatic heterocycles. The standard InChI is InChI=1S/C13H14N2O2/c14-8-12(9-4-2-1-3-5-9)13(17)15-10-6-11(16)7-10/h1-5,10-12,16H,6-7H2,(H,15,17). The number of amides is 1. The smallest absolute Gasteiger partial charge is 0.242 e. The predicted molar refractivity (Wildman–Crippen MR) is 62.0 cm³/mol. The molecule has 1 aliphatic carbocycles. The van der Waals surface area contributed by atoms with Crippen molar-refractivity contribution < 1.29 is 9.90 Å². The zero-order valence-corrected chi connectivity index (χ0v) is 9.34. The van der Waals surface area contributed by atoms with Crippen molar-refractivity contribution in [2.24, 2.45) is 0 Å². The van der Waals surface area contributed by atoms with E-state index in [-0.39, 0.29) is 18.1 Å². The van der Waals surface area contributed by atoms with Gasteiger partial charge in [-0.1, -0.05) is 30.3 Å². The van der Waals surface area contributed by atoms with E-state index in [0.29, 0.717) is 18.4 Å². The minimum absolute atomic E-state index is 0.0112. The number of aliphatic hydroxyl groups excluding tert-OH is 1. The van der Waals surface area contributed by atoms with Crippen LogP contribution >= 0.6 is 0 Å². The first-order valence-electron chi connectivity index (χ1n) is 5.63. The molecular formula is C13H14N2O2. The van der Waals surface area contributed by atoms with E-state index in [1.54, 1.807) is 24.3 Å². The van der Waals surface area contributed by atoms with Crippen LogP contribution in [0.4, 0.5) is 0 Å². The van der Waals surface area contributed by atoms with Crippen LogP contribution in [0.5, 0.6) is 0 Å². The summed E-state index contributed by atoms with van der Waals surface area (Å²) < 4.78 is 0. The summed E-state index contributed by atoms with van der Waals surface area (Å²) in [5, 5.41) is 20.9. The largest absolute Gasteiger partial charge is 0.393 e. The molecule has 0 heterocycles. The Bertz CT molecular complexity index is 432. The van der Waals surface area contributed by atoms with Crippen LogP contribution in [0.3, 0.4) is 0 Å². The maximum Gasteiger partial charge on any atom is 0.242 e. The number of rotatable bonds is 3. The quantitative estimate of drug-likeness (QED) is 0.811. The van der Waals surface area contributed by atoms with Crippen LogP contribution in [0.2, 0.25) is 0 Å². The lowest BCUT2D eigenvalue weighted by Gasteiger charge is -2.32. The number of hydrogen-bond acceptors (Lipinski definition) is 3. The van der Waals surface area contributed by atoms with Crippen LogP contribution in [0, 0.1) is 11.3 Å². The van der Waals surface area contributed by atoms with E-state index in [1.165, 1.54) is 0 Å². The Labute approximate surface area is 99.9 Å². The summed E-state index contributed by atoms with van der Waals surface area (Å²) in [5.74, 6) is -1.05. The molecule has 0 radical (unpaired) electrons. The molecule has 1 aromatic rings. The number of nitriles is 1. The fourth-order valence-electron chi connectivity index (χ4n) is 1.92. The van der Waals surface area contributed by atoms with Crippen molar-refractivity contribution in [3.63, 3.8) is 0 Å². The maximum atomic E-state index is 11.9. The van der Waals surface area contributed by atoms with Crippen molar-refractivity contribution in [3.05, 3.63) is 35.9 Å². The molecule has 1 unspecified atom stereocenters. The molecule has 1 aromatic carbocycles. The van der Waals surface area contributed by atoms with Crippen LogP contribution in [0.1, 0.15) is 24.3 Å². The average Bonchev–Trinajstić information content (AvgIpc) is 2.29. The summed E-state index contributed by atoms with van der Waals surface area (Å²) in [6.07, 6.45) is 0.856. The summed E-state index contributed by atoms with van der Waals surface area (Å²) in [6.45, 7) is 0. The normalized spacial score (nSPS) is 24.2. The van der Waals surface area contributed by atoms with Crippen molar-refractivity contribution in [3.8, 4) is 6.07 Å². The molecule has 2 rings (SSSR count). The van der Waals surface area contributed by atoms with Gasteiger partial charge in [0, 0.05) is 6.04 Å². The van der Waals surface area contributed by atoms with Crippen LogP contribution in [-0.2, 0) is 4.79 Å². The van der Waals surface area contributed by atoms with Gasteiger partial charge >= 0.3 is 0 Å². The minimum Gasteiger partial charge on any atom is -0.393 e. The molecule has 1 amide bonds. The molecule has 1 aliphatic rings. The van der Waals surface area contributed by atoms with Crippen molar-refractivity contribution in [2.75, 3.05) is 0 Å². The third kappa shape index (κ3) is 2.63. The Morgan fingerprint density at radius 3 is 2.59 bits per heavy atom. The molecule has 17 heavy (non-hydrogen) atoms. The monoisotopic (exact) mass is 230 g/mol. The Hall–Kier alpha value is -1.86. The van der Waals surface area contributed by atoms with Gasteiger partial charge in [0.05, 0.1) is 12.2 Å². The van der Waals surface area contributed by atoms with Crippen LogP contribution in [0.25, 0.3) is 0 Å². The van der Waals surface area contributed by atoms with E-state index >= 15 is 0 Å². The zero-order chi connectivity index (χ0) is 12.3. The number of carbonyl (C=O) groups excluding carboxylic acids is 1. The predicted octanol–water partition coefficient (Wildman–Crippen LogP) is 0.933. The maximum absolute atomic E-state index is 11.9. The third-order valence-corrected chi connectivity index (χ3v) is 2.98. The van der Waals surface area contributed by atoms with Crippen molar-refractivity contribution in [2.45, 2.75) is 30.9 Å². The van der Waals surface area contributed by atoms with Gasteiger partial charge in [-0.2, -0.15) is 5.26 Å². The van der Waals surface area contributed by atoms with E-state index < -0.39 is 5.92 Å². The van der Waals surface area contributed by atoms with E-state index in [2.05, 4.69) is 5.32 Å². The molecule has 88 valence electrons. The number of carbonyl (C=O) groups is 1. The molecule has 2 N–H and O–H groups in total. The van der Waals surface area contributed by atoms with Gasteiger partial charge < -0.3 is 10.4 Å². The lowest BCUT2D eigenvalue weighted by Crippen LogP contribution is -2.48. The Kier molecular flexibility index (Phi) is 3.40. The number of nitrogens with one attached hydrogen (secondary N) is 1. The molecule has 4 nitrogen and oxygen atoms in total. The highest BCUT2D eigenvalue weighted by molar-refractivity contribution is 5.86. The first-order chi connectivity index (χ1) is 8.20. The van der Waals surface area contributed by atoms with E-state index in [9.17, 15) is 4.79 Å². The van der Waals surface area contributed by atoms with Gasteiger partial charge in [0.1, 0.15) is 5.92 Å². The second-order valence-electron chi connectivity index (χ2n) is 4.30. The van der Waals surface area contributed by atoms with Gasteiger partial charge in [-0.25, -0.2) is 0 Å². The van der Waals surface area contributed by atoms with Crippen LogP contribution in [-0.4, -0.2) is 23.2 Å². The molecular weight excluding hydrogens is 216 g/mol. The number of hydrogen-bond donors (Lipinski definition) is 2. The van der Waals surface area contributed by atoms with E-state index in [1.807, 2.05) is 12.1 Å². The van der Waals surface area contributed by atoms with Crippen molar-refractivity contribution in [1.29, 1.82) is 5.26 Å². The fourth-order valence-corrected chi connectivity index (χ4v) is 1.92. The van der Waals surface area contributed by atoms with Crippen LogP contribution in [0.15, 0.2) is 30.3 Å². The molecule has 1 atom stereocenters. The van der Waals surface area contributed by atoms with Gasteiger partial charge in [-0.15, -0.1) is 0 Å². The Morgan fingerprint density at radius 2 is 2.06 bits per heavy atom. The Morgan fingerprint density at radius 1 is 1.41 bits per heavy atom. The molecule has 0 aliphatic heterocycles. The first kappa shape index (κ1) is 11.6. The number of nitrogens with zero attached hydrogens (tertiary/aromatic N) is 1. The zero-order valence-electron chi connectivity index (χ0n) is 9.34. The average molecular weight is 230 g/mol.